The third kappa shape index (κ3) is 4.67. The molecule has 1 N–H and O–H groups in total. The molecule has 0 spiro atoms. The lowest BCUT2D eigenvalue weighted by Gasteiger charge is -2.23. The van der Waals surface area contributed by atoms with E-state index in [1.54, 1.807) is 13.0 Å². The molecule has 4 nitrogen and oxygen atoms in total. The van der Waals surface area contributed by atoms with Gasteiger partial charge in [0.05, 0.1) is 17.7 Å². The number of hydrogen-bond acceptors (Lipinski definition) is 3. The van der Waals surface area contributed by atoms with Gasteiger partial charge in [-0.3, -0.25) is 4.79 Å². The summed E-state index contributed by atoms with van der Waals surface area (Å²) in [4.78, 5) is 24.6. The standard InChI is InChI=1S/C32H26F3NO3/c1-2-39-31(38)24-14-22-13-21(18-7-10-25(11-8-18)32(33,34)35)9-12-26(22)27(16-24)19-3-5-20(6-4-19)28-15-23-17-29(28)36-30(23)37/h3-14,16,23,28-29H,2,15,17H2,1H3,(H,36,37). The first-order valence-corrected chi connectivity index (χ1v) is 13.0. The van der Waals surface area contributed by atoms with Crippen LogP contribution in [0, 0.1) is 5.92 Å². The Labute approximate surface area is 223 Å². The van der Waals surface area contributed by atoms with Gasteiger partial charge in [0.15, 0.2) is 0 Å². The van der Waals surface area contributed by atoms with Crippen molar-refractivity contribution in [2.45, 2.75) is 37.9 Å². The third-order valence-electron chi connectivity index (χ3n) is 7.92. The van der Waals surface area contributed by atoms with E-state index < -0.39 is 17.7 Å². The van der Waals surface area contributed by atoms with E-state index in [9.17, 15) is 22.8 Å². The van der Waals surface area contributed by atoms with Crippen LogP contribution in [0.4, 0.5) is 13.2 Å². The first-order chi connectivity index (χ1) is 18.7. The van der Waals surface area contributed by atoms with Gasteiger partial charge in [0, 0.05) is 17.9 Å². The summed E-state index contributed by atoms with van der Waals surface area (Å²) < 4.78 is 44.3. The largest absolute Gasteiger partial charge is 0.462 e. The summed E-state index contributed by atoms with van der Waals surface area (Å²) in [5.41, 5.74) is 4.08. The molecule has 1 saturated heterocycles. The first kappa shape index (κ1) is 25.2. The Bertz CT molecular complexity index is 1580. The summed E-state index contributed by atoms with van der Waals surface area (Å²) in [6.07, 6.45) is -2.64. The van der Waals surface area contributed by atoms with Gasteiger partial charge in [0.1, 0.15) is 0 Å². The molecule has 0 radical (unpaired) electrons. The zero-order chi connectivity index (χ0) is 27.3. The number of amides is 1. The molecule has 3 atom stereocenters. The van der Waals surface area contributed by atoms with Gasteiger partial charge in [0.2, 0.25) is 5.91 Å². The first-order valence-electron chi connectivity index (χ1n) is 13.0. The number of carbonyl (C=O) groups is 2. The molecule has 4 aromatic rings. The van der Waals surface area contributed by atoms with E-state index in [2.05, 4.69) is 17.4 Å². The quantitative estimate of drug-likeness (QED) is 0.275. The summed E-state index contributed by atoms with van der Waals surface area (Å²) in [5.74, 6) is 0.125. The second-order valence-electron chi connectivity index (χ2n) is 10.3. The number of carbonyl (C=O) groups excluding carboxylic acids is 2. The second kappa shape index (κ2) is 9.56. The number of hydrogen-bond donors (Lipinski definition) is 1. The van der Waals surface area contributed by atoms with E-state index in [-0.39, 0.29) is 24.5 Å². The zero-order valence-corrected chi connectivity index (χ0v) is 21.2. The molecular weight excluding hydrogens is 503 g/mol. The van der Waals surface area contributed by atoms with Crippen LogP contribution >= 0.6 is 0 Å². The molecule has 1 heterocycles. The van der Waals surface area contributed by atoms with Crippen LogP contribution in [0.3, 0.4) is 0 Å². The van der Waals surface area contributed by atoms with Crippen molar-refractivity contribution in [3.63, 3.8) is 0 Å². The number of rotatable bonds is 5. The van der Waals surface area contributed by atoms with Crippen molar-refractivity contribution in [1.82, 2.24) is 5.32 Å². The Morgan fingerprint density at radius 2 is 1.59 bits per heavy atom. The van der Waals surface area contributed by atoms with Crippen molar-refractivity contribution in [1.29, 1.82) is 0 Å². The Morgan fingerprint density at radius 1 is 0.897 bits per heavy atom. The van der Waals surface area contributed by atoms with Crippen molar-refractivity contribution in [3.05, 3.63) is 95.6 Å². The number of ether oxygens (including phenoxy) is 1. The van der Waals surface area contributed by atoms with Crippen LogP contribution in [0.1, 0.15) is 47.2 Å². The van der Waals surface area contributed by atoms with Crippen LogP contribution in [0.15, 0.2) is 78.9 Å². The lowest BCUT2D eigenvalue weighted by atomic mass is 9.88. The van der Waals surface area contributed by atoms with E-state index in [4.69, 9.17) is 4.74 Å². The van der Waals surface area contributed by atoms with Crippen molar-refractivity contribution in [2.24, 2.45) is 5.92 Å². The molecule has 198 valence electrons. The van der Waals surface area contributed by atoms with Gasteiger partial charge in [0.25, 0.3) is 0 Å². The Hall–Kier alpha value is -4.13. The van der Waals surface area contributed by atoms with Crippen LogP contribution in [0.2, 0.25) is 0 Å². The fourth-order valence-electron chi connectivity index (χ4n) is 5.96. The highest BCUT2D eigenvalue weighted by atomic mass is 19.4. The van der Waals surface area contributed by atoms with Crippen LogP contribution < -0.4 is 5.32 Å². The number of fused-ring (bicyclic) bond motifs is 3. The normalized spacial score (nSPS) is 20.3. The highest BCUT2D eigenvalue weighted by molar-refractivity contribution is 6.04. The van der Waals surface area contributed by atoms with Gasteiger partial charge in [-0.15, -0.1) is 0 Å². The molecule has 2 aliphatic rings. The van der Waals surface area contributed by atoms with Gasteiger partial charge < -0.3 is 10.1 Å². The zero-order valence-electron chi connectivity index (χ0n) is 21.2. The van der Waals surface area contributed by atoms with Gasteiger partial charge in [-0.25, -0.2) is 4.79 Å². The minimum Gasteiger partial charge on any atom is -0.462 e. The predicted octanol–water partition coefficient (Wildman–Crippen LogP) is 7.36. The minimum atomic E-state index is -4.40. The molecule has 7 heteroatoms. The molecule has 3 unspecified atom stereocenters. The van der Waals surface area contributed by atoms with Gasteiger partial charge in [-0.1, -0.05) is 48.5 Å². The summed E-state index contributed by atoms with van der Waals surface area (Å²) in [6, 6.07) is 22.8. The second-order valence-corrected chi connectivity index (χ2v) is 10.3. The highest BCUT2D eigenvalue weighted by Crippen LogP contribution is 2.43. The Kier molecular flexibility index (Phi) is 6.17. The molecule has 1 saturated carbocycles. The van der Waals surface area contributed by atoms with Crippen molar-refractivity contribution in [2.75, 3.05) is 6.61 Å². The average molecular weight is 530 g/mol. The number of nitrogens with one attached hydrogen (secondary N) is 1. The Balaban J connectivity index is 1.38. The summed E-state index contributed by atoms with van der Waals surface area (Å²) in [6.45, 7) is 1.99. The average Bonchev–Trinajstić information content (AvgIpc) is 3.52. The van der Waals surface area contributed by atoms with Gasteiger partial charge in [-0.2, -0.15) is 13.2 Å². The summed E-state index contributed by atoms with van der Waals surface area (Å²) in [5, 5.41) is 4.79. The lowest BCUT2D eigenvalue weighted by Crippen LogP contribution is -2.35. The molecule has 39 heavy (non-hydrogen) atoms. The van der Waals surface area contributed by atoms with Crippen LogP contribution in [-0.2, 0) is 15.7 Å². The lowest BCUT2D eigenvalue weighted by molar-refractivity contribution is -0.137. The van der Waals surface area contributed by atoms with Crippen molar-refractivity contribution in [3.8, 4) is 22.3 Å². The number of benzene rings is 4. The molecule has 1 aliphatic heterocycles. The van der Waals surface area contributed by atoms with Gasteiger partial charge >= 0.3 is 12.1 Å². The monoisotopic (exact) mass is 529 g/mol. The van der Waals surface area contributed by atoms with E-state index in [0.29, 0.717) is 17.0 Å². The molecule has 2 bridgehead atoms. The van der Waals surface area contributed by atoms with E-state index >= 15 is 0 Å². The fraction of sp³-hybridized carbons (Fsp3) is 0.250. The highest BCUT2D eigenvalue weighted by Gasteiger charge is 2.45. The molecule has 1 amide bonds. The van der Waals surface area contributed by atoms with Crippen molar-refractivity contribution >= 4 is 22.6 Å². The van der Waals surface area contributed by atoms with Crippen molar-refractivity contribution < 1.29 is 27.5 Å². The smallest absolute Gasteiger partial charge is 0.416 e. The maximum Gasteiger partial charge on any atom is 0.416 e. The summed E-state index contributed by atoms with van der Waals surface area (Å²) in [7, 11) is 0. The topological polar surface area (TPSA) is 55.4 Å². The SMILES string of the molecule is CCOC(=O)c1cc(-c2ccc(C3CC4CC3NC4=O)cc2)c2ccc(-c3ccc(C(F)(F)F)cc3)cc2c1. The molecular formula is C32H26F3NO3. The van der Waals surface area contributed by atoms with E-state index in [0.717, 1.165) is 52.4 Å². The van der Waals surface area contributed by atoms with Crippen LogP contribution in [-0.4, -0.2) is 24.5 Å². The number of piperidine rings is 1. The van der Waals surface area contributed by atoms with Gasteiger partial charge in [-0.05, 0) is 88.7 Å². The minimum absolute atomic E-state index is 0.101. The van der Waals surface area contributed by atoms with Crippen LogP contribution in [0.25, 0.3) is 33.0 Å². The fourth-order valence-corrected chi connectivity index (χ4v) is 5.96. The maximum absolute atomic E-state index is 13.0. The molecule has 2 fully saturated rings. The number of halogens is 3. The third-order valence-corrected chi connectivity index (χ3v) is 7.92. The van der Waals surface area contributed by atoms with Crippen LogP contribution in [0.5, 0.6) is 0 Å². The number of esters is 1. The predicted molar refractivity (Wildman–Crippen MR) is 143 cm³/mol. The molecule has 6 rings (SSSR count). The maximum atomic E-state index is 13.0. The molecule has 0 aromatic heterocycles. The Morgan fingerprint density at radius 3 is 2.21 bits per heavy atom. The number of alkyl halides is 3. The summed E-state index contributed by atoms with van der Waals surface area (Å²) >= 11 is 0. The molecule has 4 aromatic carbocycles. The molecule has 1 aliphatic carbocycles. The van der Waals surface area contributed by atoms with E-state index in [1.807, 2.05) is 36.4 Å². The van der Waals surface area contributed by atoms with E-state index in [1.165, 1.54) is 17.7 Å².